The lowest BCUT2D eigenvalue weighted by Crippen LogP contribution is -2.12. The zero-order valence-corrected chi connectivity index (χ0v) is 8.25. The van der Waals surface area contributed by atoms with Crippen molar-refractivity contribution in [1.82, 2.24) is 4.98 Å². The van der Waals surface area contributed by atoms with Crippen LogP contribution in [0.15, 0.2) is 10.7 Å². The monoisotopic (exact) mass is 266 g/mol. The lowest BCUT2D eigenvalue weighted by Gasteiger charge is -2.06. The van der Waals surface area contributed by atoms with Gasteiger partial charge in [0.25, 0.3) is 12.3 Å². The molecule has 1 heterocycles. The van der Waals surface area contributed by atoms with Gasteiger partial charge in [-0.15, -0.1) is 0 Å². The van der Waals surface area contributed by atoms with Crippen LogP contribution < -0.4 is 5.73 Å². The van der Waals surface area contributed by atoms with E-state index in [1.165, 1.54) is 0 Å². The highest BCUT2D eigenvalue weighted by Gasteiger charge is 2.20. The van der Waals surface area contributed by atoms with Gasteiger partial charge in [-0.3, -0.25) is 9.78 Å². The molecule has 1 rings (SSSR count). The molecule has 7 heteroatoms. The van der Waals surface area contributed by atoms with E-state index in [2.05, 4.69) is 20.9 Å². The Kier molecular flexibility index (Phi) is 3.00. The first-order chi connectivity index (χ1) is 6.45. The second-order valence-corrected chi connectivity index (χ2v) is 3.18. The van der Waals surface area contributed by atoms with E-state index in [1.54, 1.807) is 0 Å². The third kappa shape index (κ3) is 1.82. The maximum atomic E-state index is 12.2. The molecule has 0 aromatic carbocycles. The number of aromatic hydroxyl groups is 1. The van der Waals surface area contributed by atoms with Gasteiger partial charge in [-0.25, -0.2) is 8.78 Å². The second kappa shape index (κ2) is 3.87. The Bertz CT molecular complexity index is 384. The number of carbonyl (C=O) groups excluding carboxylic acids is 1. The van der Waals surface area contributed by atoms with Crippen molar-refractivity contribution in [2.75, 3.05) is 0 Å². The van der Waals surface area contributed by atoms with Crippen LogP contribution in [0.5, 0.6) is 5.75 Å². The van der Waals surface area contributed by atoms with Crippen LogP contribution in [-0.4, -0.2) is 16.0 Å². The van der Waals surface area contributed by atoms with E-state index >= 15 is 0 Å². The predicted molar refractivity (Wildman–Crippen MR) is 47.1 cm³/mol. The van der Waals surface area contributed by atoms with Crippen molar-refractivity contribution in [3.63, 3.8) is 0 Å². The number of nitrogens with zero attached hydrogens (tertiary/aromatic N) is 1. The average molecular weight is 267 g/mol. The first kappa shape index (κ1) is 10.8. The average Bonchev–Trinajstić information content (AvgIpc) is 2.08. The normalized spacial score (nSPS) is 10.6. The number of hydrogen-bond acceptors (Lipinski definition) is 3. The Labute approximate surface area is 85.9 Å². The molecule has 0 saturated heterocycles. The molecule has 0 spiro atoms. The van der Waals surface area contributed by atoms with Gasteiger partial charge in [0.1, 0.15) is 5.69 Å². The number of rotatable bonds is 2. The molecule has 0 saturated carbocycles. The minimum Gasteiger partial charge on any atom is -0.505 e. The van der Waals surface area contributed by atoms with Crippen LogP contribution in [0.1, 0.15) is 22.5 Å². The summed E-state index contributed by atoms with van der Waals surface area (Å²) in [4.78, 5) is 13.9. The molecule has 76 valence electrons. The largest absolute Gasteiger partial charge is 0.505 e. The van der Waals surface area contributed by atoms with Gasteiger partial charge in [0.05, 0.1) is 10.0 Å². The maximum Gasteiger partial charge on any atom is 0.284 e. The number of primary amides is 1. The summed E-state index contributed by atoms with van der Waals surface area (Å²) < 4.78 is 24.2. The van der Waals surface area contributed by atoms with Crippen molar-refractivity contribution in [2.45, 2.75) is 6.43 Å². The summed E-state index contributed by atoms with van der Waals surface area (Å²) in [6.45, 7) is 0. The van der Waals surface area contributed by atoms with Crippen molar-refractivity contribution < 1.29 is 18.7 Å². The van der Waals surface area contributed by atoms with Crippen LogP contribution in [0.25, 0.3) is 0 Å². The molecule has 4 nitrogen and oxygen atoms in total. The number of alkyl halides is 2. The van der Waals surface area contributed by atoms with E-state index in [4.69, 9.17) is 5.73 Å². The molecule has 0 aliphatic rings. The van der Waals surface area contributed by atoms with Gasteiger partial charge < -0.3 is 10.8 Å². The minimum absolute atomic E-state index is 0.146. The van der Waals surface area contributed by atoms with Gasteiger partial charge in [-0.1, -0.05) is 0 Å². The smallest absolute Gasteiger partial charge is 0.284 e. The molecular formula is C7H5BrF2N2O2. The fraction of sp³-hybridized carbons (Fsp3) is 0.143. The Morgan fingerprint density at radius 2 is 2.21 bits per heavy atom. The summed E-state index contributed by atoms with van der Waals surface area (Å²) in [5.41, 5.74) is 3.97. The van der Waals surface area contributed by atoms with Crippen LogP contribution in [-0.2, 0) is 0 Å². The molecule has 14 heavy (non-hydrogen) atoms. The van der Waals surface area contributed by atoms with E-state index < -0.39 is 23.8 Å². The van der Waals surface area contributed by atoms with Gasteiger partial charge in [0.15, 0.2) is 5.75 Å². The van der Waals surface area contributed by atoms with Crippen LogP contribution in [0.4, 0.5) is 8.78 Å². The van der Waals surface area contributed by atoms with Crippen molar-refractivity contribution in [1.29, 1.82) is 0 Å². The first-order valence-corrected chi connectivity index (χ1v) is 4.19. The molecule has 0 aliphatic carbocycles. The number of halogens is 3. The van der Waals surface area contributed by atoms with E-state index in [1.807, 2.05) is 0 Å². The van der Waals surface area contributed by atoms with Crippen LogP contribution >= 0.6 is 15.9 Å². The molecule has 0 fully saturated rings. The predicted octanol–water partition coefficient (Wildman–Crippen LogP) is 1.59. The molecule has 1 amide bonds. The maximum absolute atomic E-state index is 12.2. The quantitative estimate of drug-likeness (QED) is 0.854. The lowest BCUT2D eigenvalue weighted by atomic mass is 10.2. The molecule has 0 radical (unpaired) electrons. The third-order valence-corrected chi connectivity index (χ3v) is 2.29. The Balaban J connectivity index is 3.33. The van der Waals surface area contributed by atoms with Gasteiger partial charge in [-0.05, 0) is 15.9 Å². The summed E-state index contributed by atoms with van der Waals surface area (Å²) in [5, 5.41) is 9.20. The van der Waals surface area contributed by atoms with Gasteiger partial charge in [0, 0.05) is 6.20 Å². The summed E-state index contributed by atoms with van der Waals surface area (Å²) in [6.07, 6.45) is -2.03. The van der Waals surface area contributed by atoms with Crippen LogP contribution in [0.2, 0.25) is 0 Å². The summed E-state index contributed by atoms with van der Waals surface area (Å²) >= 11 is 2.78. The summed E-state index contributed by atoms with van der Waals surface area (Å²) in [7, 11) is 0. The minimum atomic E-state index is -2.91. The standard InChI is InChI=1S/C7H5BrF2N2O2/c8-3-2(7(11)14)1-12-4(5(3)13)6(9)10/h1,6,13H,(H2,11,14). The highest BCUT2D eigenvalue weighted by Crippen LogP contribution is 2.34. The van der Waals surface area contributed by atoms with Crippen molar-refractivity contribution >= 4 is 21.8 Å². The Morgan fingerprint density at radius 3 is 2.64 bits per heavy atom. The van der Waals surface area contributed by atoms with Crippen LogP contribution in [0, 0.1) is 0 Å². The molecule has 0 atom stereocenters. The molecule has 1 aromatic rings. The molecule has 1 aromatic heterocycles. The number of nitrogens with two attached hydrogens (primary N) is 1. The Hall–Kier alpha value is -1.24. The van der Waals surface area contributed by atoms with E-state index in [9.17, 15) is 18.7 Å². The highest BCUT2D eigenvalue weighted by atomic mass is 79.9. The molecule has 0 aliphatic heterocycles. The molecule has 0 unspecified atom stereocenters. The first-order valence-electron chi connectivity index (χ1n) is 3.40. The zero-order chi connectivity index (χ0) is 10.9. The SMILES string of the molecule is NC(=O)c1cnc(C(F)F)c(O)c1Br. The van der Waals surface area contributed by atoms with Gasteiger partial charge in [0.2, 0.25) is 0 Å². The van der Waals surface area contributed by atoms with Crippen molar-refractivity contribution in [2.24, 2.45) is 5.73 Å². The number of carbonyl (C=O) groups is 1. The van der Waals surface area contributed by atoms with Crippen molar-refractivity contribution in [3.05, 3.63) is 21.9 Å². The summed E-state index contributed by atoms with van der Waals surface area (Å²) in [5.74, 6) is -1.63. The molecule has 3 N–H and O–H groups in total. The van der Waals surface area contributed by atoms with Crippen molar-refractivity contribution in [3.8, 4) is 5.75 Å². The number of amides is 1. The third-order valence-electron chi connectivity index (χ3n) is 1.49. The number of pyridine rings is 1. The summed E-state index contributed by atoms with van der Waals surface area (Å²) in [6, 6.07) is 0. The lowest BCUT2D eigenvalue weighted by molar-refractivity contribution is 0.0997. The fourth-order valence-corrected chi connectivity index (χ4v) is 1.32. The number of aromatic nitrogens is 1. The van der Waals surface area contributed by atoms with E-state index in [-0.39, 0.29) is 10.0 Å². The van der Waals surface area contributed by atoms with Gasteiger partial charge >= 0.3 is 0 Å². The Morgan fingerprint density at radius 1 is 1.64 bits per heavy atom. The van der Waals surface area contributed by atoms with E-state index in [0.29, 0.717) is 0 Å². The fourth-order valence-electron chi connectivity index (χ4n) is 0.823. The van der Waals surface area contributed by atoms with Gasteiger partial charge in [-0.2, -0.15) is 0 Å². The van der Waals surface area contributed by atoms with Crippen LogP contribution in [0.3, 0.4) is 0 Å². The van der Waals surface area contributed by atoms with E-state index in [0.717, 1.165) is 6.20 Å². The highest BCUT2D eigenvalue weighted by molar-refractivity contribution is 9.10. The zero-order valence-electron chi connectivity index (χ0n) is 6.67. The number of hydrogen-bond donors (Lipinski definition) is 2. The second-order valence-electron chi connectivity index (χ2n) is 2.38. The topological polar surface area (TPSA) is 76.2 Å². The molecule has 0 bridgehead atoms. The molecular weight excluding hydrogens is 262 g/mol.